The number of aromatic nitrogens is 3. The van der Waals surface area contributed by atoms with Crippen molar-refractivity contribution >= 4 is 0 Å². The van der Waals surface area contributed by atoms with Gasteiger partial charge in [0.2, 0.25) is 0 Å². The van der Waals surface area contributed by atoms with Gasteiger partial charge in [-0.25, -0.2) is 4.68 Å². The fourth-order valence-electron chi connectivity index (χ4n) is 3.10. The van der Waals surface area contributed by atoms with Crippen LogP contribution in [0.25, 0.3) is 5.69 Å². The van der Waals surface area contributed by atoms with E-state index in [1.54, 1.807) is 0 Å². The lowest BCUT2D eigenvalue weighted by Gasteiger charge is -2.31. The van der Waals surface area contributed by atoms with Crippen LogP contribution in [0.5, 0.6) is 0 Å². The van der Waals surface area contributed by atoms with Gasteiger partial charge in [0.25, 0.3) is 0 Å². The Bertz CT molecular complexity index is 520. The van der Waals surface area contributed by atoms with Crippen molar-refractivity contribution in [2.75, 3.05) is 7.05 Å². The number of nitrogens with one attached hydrogen (secondary N) is 1. The molecule has 0 spiro atoms. The maximum atomic E-state index is 4.27. The van der Waals surface area contributed by atoms with Crippen LogP contribution in [0.3, 0.4) is 0 Å². The van der Waals surface area contributed by atoms with Crippen molar-refractivity contribution in [3.8, 4) is 5.69 Å². The summed E-state index contributed by atoms with van der Waals surface area (Å²) in [5.41, 5.74) is 2.32. The van der Waals surface area contributed by atoms with Crippen LogP contribution in [0.4, 0.5) is 0 Å². The Labute approximate surface area is 113 Å². The maximum Gasteiger partial charge on any atom is 0.0733 e. The second kappa shape index (κ2) is 5.53. The van der Waals surface area contributed by atoms with Crippen LogP contribution >= 0.6 is 0 Å². The summed E-state index contributed by atoms with van der Waals surface area (Å²) in [6, 6.07) is 10.8. The minimum absolute atomic E-state index is 0.508. The van der Waals surface area contributed by atoms with Crippen molar-refractivity contribution in [3.05, 3.63) is 42.2 Å². The highest BCUT2D eigenvalue weighted by Gasteiger charge is 2.28. The van der Waals surface area contributed by atoms with Gasteiger partial charge < -0.3 is 5.32 Å². The van der Waals surface area contributed by atoms with Crippen molar-refractivity contribution in [1.82, 2.24) is 20.3 Å². The van der Waals surface area contributed by atoms with E-state index in [1.807, 2.05) is 29.1 Å². The van der Waals surface area contributed by atoms with E-state index in [9.17, 15) is 0 Å². The molecule has 3 rings (SSSR count). The molecule has 2 atom stereocenters. The lowest BCUT2D eigenvalue weighted by atomic mass is 9.82. The van der Waals surface area contributed by atoms with Gasteiger partial charge in [-0.1, -0.05) is 36.3 Å². The lowest BCUT2D eigenvalue weighted by Crippen LogP contribution is -2.35. The summed E-state index contributed by atoms with van der Waals surface area (Å²) in [7, 11) is 2.06. The minimum atomic E-state index is 0.508. The van der Waals surface area contributed by atoms with Crippen LogP contribution < -0.4 is 5.32 Å². The second-order valence-electron chi connectivity index (χ2n) is 5.19. The Kier molecular flexibility index (Phi) is 3.60. The topological polar surface area (TPSA) is 42.7 Å². The molecule has 2 unspecified atom stereocenters. The second-order valence-corrected chi connectivity index (χ2v) is 5.19. The van der Waals surface area contributed by atoms with Crippen LogP contribution in [0, 0.1) is 0 Å². The van der Waals surface area contributed by atoms with Gasteiger partial charge in [-0.05, 0) is 32.0 Å². The number of likely N-dealkylation sites (N-methyl/N-ethyl adjacent to an activating group) is 1. The highest BCUT2D eigenvalue weighted by atomic mass is 15.4. The first-order chi connectivity index (χ1) is 9.40. The first-order valence-corrected chi connectivity index (χ1v) is 7.03. The smallest absolute Gasteiger partial charge is 0.0733 e. The minimum Gasteiger partial charge on any atom is -0.316 e. The van der Waals surface area contributed by atoms with Gasteiger partial charge in [0, 0.05) is 12.0 Å². The van der Waals surface area contributed by atoms with Crippen LogP contribution in [0.15, 0.2) is 36.5 Å². The van der Waals surface area contributed by atoms with Gasteiger partial charge in [0.15, 0.2) is 0 Å². The van der Waals surface area contributed by atoms with E-state index >= 15 is 0 Å². The fraction of sp³-hybridized carbons (Fsp3) is 0.467. The number of hydrogen-bond donors (Lipinski definition) is 1. The molecule has 1 aliphatic rings. The van der Waals surface area contributed by atoms with Crippen LogP contribution in [0.2, 0.25) is 0 Å². The maximum absolute atomic E-state index is 4.27. The first-order valence-electron chi connectivity index (χ1n) is 7.03. The van der Waals surface area contributed by atoms with Gasteiger partial charge in [0.1, 0.15) is 0 Å². The molecule has 0 amide bonds. The summed E-state index contributed by atoms with van der Waals surface area (Å²) in [5.74, 6) is 0.508. The summed E-state index contributed by atoms with van der Waals surface area (Å²) < 4.78 is 1.99. The molecule has 1 aliphatic carbocycles. The number of hydrogen-bond acceptors (Lipinski definition) is 3. The first kappa shape index (κ1) is 12.4. The molecular formula is C15H20N4. The molecule has 1 aromatic carbocycles. The largest absolute Gasteiger partial charge is 0.316 e. The van der Waals surface area contributed by atoms with E-state index in [0.717, 1.165) is 5.69 Å². The number of nitrogens with zero attached hydrogens (tertiary/aromatic N) is 3. The highest BCUT2D eigenvalue weighted by molar-refractivity contribution is 5.32. The molecular weight excluding hydrogens is 236 g/mol. The predicted molar refractivity (Wildman–Crippen MR) is 75.4 cm³/mol. The van der Waals surface area contributed by atoms with Crippen molar-refractivity contribution in [1.29, 1.82) is 0 Å². The fourth-order valence-corrected chi connectivity index (χ4v) is 3.10. The van der Waals surface area contributed by atoms with Gasteiger partial charge in [0.05, 0.1) is 17.6 Å². The van der Waals surface area contributed by atoms with E-state index in [4.69, 9.17) is 0 Å². The molecule has 0 bridgehead atoms. The Hall–Kier alpha value is -1.68. The Morgan fingerprint density at radius 2 is 1.95 bits per heavy atom. The molecule has 1 N–H and O–H groups in total. The zero-order valence-corrected chi connectivity index (χ0v) is 11.3. The third-order valence-corrected chi connectivity index (χ3v) is 4.09. The highest BCUT2D eigenvalue weighted by Crippen LogP contribution is 2.33. The molecule has 0 aliphatic heterocycles. The number of rotatable bonds is 3. The summed E-state index contributed by atoms with van der Waals surface area (Å²) >= 11 is 0. The number of para-hydroxylation sites is 1. The van der Waals surface area contributed by atoms with Crippen LogP contribution in [-0.4, -0.2) is 28.1 Å². The molecule has 100 valence electrons. The molecule has 19 heavy (non-hydrogen) atoms. The summed E-state index contributed by atoms with van der Waals surface area (Å²) in [6.07, 6.45) is 6.98. The van der Waals surface area contributed by atoms with E-state index in [2.05, 4.69) is 34.8 Å². The van der Waals surface area contributed by atoms with E-state index in [1.165, 1.54) is 31.4 Å². The zero-order valence-electron chi connectivity index (χ0n) is 11.3. The van der Waals surface area contributed by atoms with Crippen molar-refractivity contribution in [2.24, 2.45) is 0 Å². The molecule has 1 aromatic heterocycles. The Balaban J connectivity index is 1.95. The van der Waals surface area contributed by atoms with Crippen molar-refractivity contribution in [2.45, 2.75) is 37.6 Å². The standard InChI is InChI=1S/C15H20N4/c1-16-14-10-6-5-9-13(14)15-11-17-18-19(15)12-7-3-2-4-8-12/h2-4,7-8,11,13-14,16H,5-6,9-10H2,1H3. The SMILES string of the molecule is CNC1CCCCC1c1cnnn1-c1ccccc1. The Morgan fingerprint density at radius 1 is 1.16 bits per heavy atom. The predicted octanol–water partition coefficient (Wildman–Crippen LogP) is 2.51. The van der Waals surface area contributed by atoms with E-state index < -0.39 is 0 Å². The van der Waals surface area contributed by atoms with E-state index in [0.29, 0.717) is 12.0 Å². The number of benzene rings is 1. The normalized spacial score (nSPS) is 23.4. The Morgan fingerprint density at radius 3 is 2.74 bits per heavy atom. The van der Waals surface area contributed by atoms with Crippen molar-refractivity contribution < 1.29 is 0 Å². The van der Waals surface area contributed by atoms with Gasteiger partial charge >= 0.3 is 0 Å². The molecule has 1 saturated carbocycles. The monoisotopic (exact) mass is 256 g/mol. The quantitative estimate of drug-likeness (QED) is 0.917. The van der Waals surface area contributed by atoms with Gasteiger partial charge in [-0.3, -0.25) is 0 Å². The molecule has 0 saturated heterocycles. The average Bonchev–Trinajstić information content (AvgIpc) is 2.97. The van der Waals surface area contributed by atoms with Crippen LogP contribution in [0.1, 0.15) is 37.3 Å². The summed E-state index contributed by atoms with van der Waals surface area (Å²) in [5, 5.41) is 11.8. The van der Waals surface area contributed by atoms with E-state index in [-0.39, 0.29) is 0 Å². The molecule has 2 aromatic rings. The van der Waals surface area contributed by atoms with Gasteiger partial charge in [-0.15, -0.1) is 5.10 Å². The third-order valence-electron chi connectivity index (χ3n) is 4.09. The zero-order chi connectivity index (χ0) is 13.1. The average molecular weight is 256 g/mol. The molecule has 4 heteroatoms. The lowest BCUT2D eigenvalue weighted by molar-refractivity contribution is 0.335. The summed E-state index contributed by atoms with van der Waals surface area (Å²) in [6.45, 7) is 0. The third kappa shape index (κ3) is 2.40. The molecule has 1 fully saturated rings. The molecule has 4 nitrogen and oxygen atoms in total. The summed E-state index contributed by atoms with van der Waals surface area (Å²) in [4.78, 5) is 0. The molecule has 1 heterocycles. The van der Waals surface area contributed by atoms with Crippen LogP contribution in [-0.2, 0) is 0 Å². The van der Waals surface area contributed by atoms with Gasteiger partial charge in [-0.2, -0.15) is 0 Å². The molecule has 0 radical (unpaired) electrons. The van der Waals surface area contributed by atoms with Crippen molar-refractivity contribution in [3.63, 3.8) is 0 Å².